The van der Waals surface area contributed by atoms with Crippen LogP contribution in [0.25, 0.3) is 10.8 Å². The van der Waals surface area contributed by atoms with Gasteiger partial charge in [0.05, 0.1) is 0 Å². The van der Waals surface area contributed by atoms with Crippen LogP contribution in [0.4, 0.5) is 0 Å². The Bertz CT molecular complexity index is 509. The van der Waals surface area contributed by atoms with Gasteiger partial charge in [-0.2, -0.15) is 0 Å². The average Bonchev–Trinajstić information content (AvgIpc) is 2.51. The fourth-order valence-corrected chi connectivity index (χ4v) is 2.46. The zero-order chi connectivity index (χ0) is 14.5. The van der Waals surface area contributed by atoms with Crippen molar-refractivity contribution in [3.63, 3.8) is 0 Å². The first kappa shape index (κ1) is 14.9. The van der Waals surface area contributed by atoms with Crippen molar-refractivity contribution in [1.82, 2.24) is 0 Å². The summed E-state index contributed by atoms with van der Waals surface area (Å²) in [5.74, 6) is 0. The Morgan fingerprint density at radius 1 is 0.600 bits per heavy atom. The van der Waals surface area contributed by atoms with Gasteiger partial charge in [-0.05, 0) is 10.8 Å². The maximum absolute atomic E-state index is 5.36. The van der Waals surface area contributed by atoms with E-state index in [2.05, 4.69) is 0 Å². The summed E-state index contributed by atoms with van der Waals surface area (Å²) in [4.78, 5) is 0. The lowest BCUT2D eigenvalue weighted by Gasteiger charge is -2.20. The van der Waals surface area contributed by atoms with E-state index in [0.717, 1.165) is 21.9 Å². The molecule has 0 atom stereocenters. The number of methoxy groups -OCH3 is 4. The molecule has 0 aliphatic carbocycles. The molecule has 0 heterocycles. The van der Waals surface area contributed by atoms with Crippen LogP contribution in [-0.2, 0) is 18.9 Å². The van der Waals surface area contributed by atoms with E-state index in [0.29, 0.717) is 0 Å². The van der Waals surface area contributed by atoms with E-state index in [1.54, 1.807) is 28.4 Å². The molecule has 2 rings (SSSR count). The number of benzene rings is 2. The number of hydrogen-bond acceptors (Lipinski definition) is 4. The van der Waals surface area contributed by atoms with Crippen LogP contribution in [0.3, 0.4) is 0 Å². The summed E-state index contributed by atoms with van der Waals surface area (Å²) in [6.07, 6.45) is -0.782. The van der Waals surface area contributed by atoms with E-state index in [-0.39, 0.29) is 0 Å². The SMILES string of the molecule is COC(OC)c1ccc(C(OC)OC)c2ccccc12. The molecule has 4 nitrogen and oxygen atoms in total. The van der Waals surface area contributed by atoms with Crippen LogP contribution >= 0.6 is 0 Å². The number of hydrogen-bond donors (Lipinski definition) is 0. The van der Waals surface area contributed by atoms with Gasteiger partial charge in [-0.25, -0.2) is 0 Å². The molecule has 20 heavy (non-hydrogen) atoms. The predicted octanol–water partition coefficient (Wildman–Crippen LogP) is 3.42. The summed E-state index contributed by atoms with van der Waals surface area (Å²) in [7, 11) is 6.52. The van der Waals surface area contributed by atoms with Gasteiger partial charge in [0.15, 0.2) is 12.6 Å². The molecular formula is C16H20O4. The predicted molar refractivity (Wildman–Crippen MR) is 77.5 cm³/mol. The molecule has 2 aromatic rings. The second-order valence-electron chi connectivity index (χ2n) is 4.40. The highest BCUT2D eigenvalue weighted by atomic mass is 16.7. The molecular weight excluding hydrogens is 256 g/mol. The molecule has 0 N–H and O–H groups in total. The van der Waals surface area contributed by atoms with Crippen molar-refractivity contribution in [2.45, 2.75) is 12.6 Å². The van der Waals surface area contributed by atoms with Crippen molar-refractivity contribution < 1.29 is 18.9 Å². The zero-order valence-corrected chi connectivity index (χ0v) is 12.3. The lowest BCUT2D eigenvalue weighted by atomic mass is 9.98. The first-order valence-corrected chi connectivity index (χ1v) is 6.39. The Morgan fingerprint density at radius 2 is 0.950 bits per heavy atom. The Kier molecular flexibility index (Phi) is 5.09. The summed E-state index contributed by atoms with van der Waals surface area (Å²) >= 11 is 0. The number of ether oxygens (including phenoxy) is 4. The van der Waals surface area contributed by atoms with Gasteiger partial charge >= 0.3 is 0 Å². The van der Waals surface area contributed by atoms with Gasteiger partial charge in [0.2, 0.25) is 0 Å². The third-order valence-electron chi connectivity index (χ3n) is 3.36. The van der Waals surface area contributed by atoms with Crippen molar-refractivity contribution in [1.29, 1.82) is 0 Å². The van der Waals surface area contributed by atoms with E-state index < -0.39 is 12.6 Å². The third-order valence-corrected chi connectivity index (χ3v) is 3.36. The van der Waals surface area contributed by atoms with Crippen LogP contribution < -0.4 is 0 Å². The fraction of sp³-hybridized carbons (Fsp3) is 0.375. The molecule has 0 aromatic heterocycles. The maximum Gasteiger partial charge on any atom is 0.183 e. The van der Waals surface area contributed by atoms with Gasteiger partial charge in [0.1, 0.15) is 0 Å². The molecule has 0 saturated heterocycles. The van der Waals surface area contributed by atoms with Crippen molar-refractivity contribution in [2.75, 3.05) is 28.4 Å². The molecule has 4 heteroatoms. The minimum atomic E-state index is -0.391. The van der Waals surface area contributed by atoms with Gasteiger partial charge in [0.25, 0.3) is 0 Å². The van der Waals surface area contributed by atoms with Gasteiger partial charge in [-0.3, -0.25) is 0 Å². The standard InChI is InChI=1S/C16H20O4/c1-17-15(18-2)13-9-10-14(16(19-3)20-4)12-8-6-5-7-11(12)13/h5-10,15-16H,1-4H3. The highest BCUT2D eigenvalue weighted by molar-refractivity contribution is 5.89. The molecule has 0 radical (unpaired) electrons. The van der Waals surface area contributed by atoms with Crippen LogP contribution in [0.1, 0.15) is 23.7 Å². The fourth-order valence-electron chi connectivity index (χ4n) is 2.46. The van der Waals surface area contributed by atoms with E-state index in [4.69, 9.17) is 18.9 Å². The lowest BCUT2D eigenvalue weighted by Crippen LogP contribution is -2.08. The van der Waals surface area contributed by atoms with Crippen LogP contribution in [0.15, 0.2) is 36.4 Å². The molecule has 0 aliphatic heterocycles. The number of fused-ring (bicyclic) bond motifs is 1. The van der Waals surface area contributed by atoms with Gasteiger partial charge in [0, 0.05) is 39.6 Å². The summed E-state index contributed by atoms with van der Waals surface area (Å²) in [6, 6.07) is 12.0. The summed E-state index contributed by atoms with van der Waals surface area (Å²) in [5, 5.41) is 2.13. The smallest absolute Gasteiger partial charge is 0.183 e. The van der Waals surface area contributed by atoms with Gasteiger partial charge < -0.3 is 18.9 Å². The van der Waals surface area contributed by atoms with E-state index in [1.165, 1.54) is 0 Å². The van der Waals surface area contributed by atoms with Crippen molar-refractivity contribution >= 4 is 10.8 Å². The molecule has 108 valence electrons. The Hall–Kier alpha value is -1.46. The first-order chi connectivity index (χ1) is 9.76. The van der Waals surface area contributed by atoms with Crippen LogP contribution in [0, 0.1) is 0 Å². The normalized spacial score (nSPS) is 11.7. The summed E-state index contributed by atoms with van der Waals surface area (Å²) in [5.41, 5.74) is 1.97. The third kappa shape index (κ3) is 2.69. The highest BCUT2D eigenvalue weighted by Crippen LogP contribution is 2.32. The van der Waals surface area contributed by atoms with Crippen LogP contribution in [0.5, 0.6) is 0 Å². The summed E-state index contributed by atoms with van der Waals surface area (Å²) in [6.45, 7) is 0. The van der Waals surface area contributed by atoms with Gasteiger partial charge in [-0.15, -0.1) is 0 Å². The minimum Gasteiger partial charge on any atom is -0.352 e. The highest BCUT2D eigenvalue weighted by Gasteiger charge is 2.18. The van der Waals surface area contributed by atoms with E-state index >= 15 is 0 Å². The Morgan fingerprint density at radius 3 is 1.25 bits per heavy atom. The van der Waals surface area contributed by atoms with Crippen LogP contribution in [-0.4, -0.2) is 28.4 Å². The van der Waals surface area contributed by atoms with Crippen molar-refractivity contribution in [3.05, 3.63) is 47.5 Å². The monoisotopic (exact) mass is 276 g/mol. The lowest BCUT2D eigenvalue weighted by molar-refractivity contribution is -0.106. The second kappa shape index (κ2) is 6.81. The maximum atomic E-state index is 5.36. The van der Waals surface area contributed by atoms with E-state index in [1.807, 2.05) is 36.4 Å². The molecule has 0 unspecified atom stereocenters. The zero-order valence-electron chi connectivity index (χ0n) is 12.3. The van der Waals surface area contributed by atoms with Crippen molar-refractivity contribution in [2.24, 2.45) is 0 Å². The first-order valence-electron chi connectivity index (χ1n) is 6.39. The molecule has 0 aliphatic rings. The van der Waals surface area contributed by atoms with Gasteiger partial charge in [-0.1, -0.05) is 36.4 Å². The van der Waals surface area contributed by atoms with Crippen LogP contribution in [0.2, 0.25) is 0 Å². The summed E-state index contributed by atoms with van der Waals surface area (Å²) < 4.78 is 21.4. The van der Waals surface area contributed by atoms with Crippen molar-refractivity contribution in [3.8, 4) is 0 Å². The average molecular weight is 276 g/mol. The minimum absolute atomic E-state index is 0.391. The molecule has 0 spiro atoms. The molecule has 0 amide bonds. The molecule has 0 fully saturated rings. The Labute approximate surface area is 119 Å². The molecule has 2 aromatic carbocycles. The topological polar surface area (TPSA) is 36.9 Å². The Balaban J connectivity index is 2.63. The second-order valence-corrected chi connectivity index (χ2v) is 4.40. The molecule has 0 bridgehead atoms. The largest absolute Gasteiger partial charge is 0.352 e. The number of rotatable bonds is 6. The quantitative estimate of drug-likeness (QED) is 0.758. The molecule has 0 saturated carbocycles. The van der Waals surface area contributed by atoms with E-state index in [9.17, 15) is 0 Å².